The number of aliphatic imine (C=N–C) groups is 1. The number of aromatic nitrogens is 1. The predicted octanol–water partition coefficient (Wildman–Crippen LogP) is 4.00. The van der Waals surface area contributed by atoms with Crippen LogP contribution in [-0.2, 0) is 20.1 Å². The van der Waals surface area contributed by atoms with Gasteiger partial charge in [-0.25, -0.2) is 4.99 Å². The number of ether oxygens (including phenoxy) is 1. The highest BCUT2D eigenvalue weighted by Crippen LogP contribution is 2.20. The minimum atomic E-state index is 0. The molecule has 26 heavy (non-hydrogen) atoms. The average molecular weight is 470 g/mol. The summed E-state index contributed by atoms with van der Waals surface area (Å²) in [5.74, 6) is 1.77. The lowest BCUT2D eigenvalue weighted by Gasteiger charge is -2.15. The third-order valence-corrected chi connectivity index (χ3v) is 3.79. The van der Waals surface area contributed by atoms with Crippen LogP contribution >= 0.6 is 24.0 Å². The van der Waals surface area contributed by atoms with E-state index in [9.17, 15) is 0 Å². The van der Waals surface area contributed by atoms with Crippen LogP contribution in [0.1, 0.15) is 37.0 Å². The topological polar surface area (TPSA) is 50.6 Å². The fourth-order valence-corrected chi connectivity index (χ4v) is 2.50. The number of halogens is 1. The summed E-state index contributed by atoms with van der Waals surface area (Å²) < 4.78 is 7.92. The quantitative estimate of drug-likeness (QED) is 0.349. The van der Waals surface area contributed by atoms with Crippen molar-refractivity contribution >= 4 is 29.9 Å². The highest BCUT2D eigenvalue weighted by Gasteiger charge is 2.06. The fourth-order valence-electron chi connectivity index (χ4n) is 2.50. The van der Waals surface area contributed by atoms with Crippen molar-refractivity contribution < 1.29 is 4.74 Å². The van der Waals surface area contributed by atoms with Crippen LogP contribution in [0.5, 0.6) is 5.75 Å². The van der Waals surface area contributed by atoms with Gasteiger partial charge >= 0.3 is 0 Å². The van der Waals surface area contributed by atoms with Gasteiger partial charge in [-0.3, -0.25) is 0 Å². The number of benzene rings is 1. The van der Waals surface area contributed by atoms with E-state index in [1.807, 2.05) is 17.8 Å². The molecule has 0 saturated carbocycles. The van der Waals surface area contributed by atoms with Gasteiger partial charge in [0.2, 0.25) is 0 Å². The first-order valence-electron chi connectivity index (χ1n) is 8.97. The molecule has 1 heterocycles. The van der Waals surface area contributed by atoms with Crippen LogP contribution in [0.15, 0.2) is 41.7 Å². The van der Waals surface area contributed by atoms with Gasteiger partial charge in [0.1, 0.15) is 5.75 Å². The number of rotatable bonds is 8. The Kier molecular flexibility index (Phi) is 10.2. The lowest BCUT2D eigenvalue weighted by atomic mass is 10.1. The largest absolute Gasteiger partial charge is 0.493 e. The molecule has 0 fully saturated rings. The molecule has 0 aliphatic heterocycles. The van der Waals surface area contributed by atoms with Gasteiger partial charge < -0.3 is 19.9 Å². The van der Waals surface area contributed by atoms with E-state index in [0.29, 0.717) is 13.1 Å². The zero-order chi connectivity index (χ0) is 18.1. The van der Waals surface area contributed by atoms with Gasteiger partial charge in [0.25, 0.3) is 0 Å². The first kappa shape index (κ1) is 22.3. The normalized spacial score (nSPS) is 11.0. The summed E-state index contributed by atoms with van der Waals surface area (Å²) in [4.78, 5) is 4.66. The summed E-state index contributed by atoms with van der Waals surface area (Å²) in [6.45, 7) is 9.17. The van der Waals surface area contributed by atoms with Gasteiger partial charge in [-0.15, -0.1) is 24.0 Å². The second-order valence-corrected chi connectivity index (χ2v) is 6.19. The molecule has 1 aromatic heterocycles. The molecule has 0 radical (unpaired) electrons. The fraction of sp³-hybridized carbons (Fsp3) is 0.450. The molecule has 0 spiro atoms. The van der Waals surface area contributed by atoms with Crippen LogP contribution in [0.4, 0.5) is 0 Å². The van der Waals surface area contributed by atoms with Crippen LogP contribution in [0.3, 0.4) is 0 Å². The minimum absolute atomic E-state index is 0. The Bertz CT molecular complexity index is 697. The average Bonchev–Trinajstić information content (AvgIpc) is 3.02. The maximum Gasteiger partial charge on any atom is 0.191 e. The molecule has 2 aromatic rings. The zero-order valence-corrected chi connectivity index (χ0v) is 18.5. The molecule has 2 N–H and O–H groups in total. The molecule has 0 unspecified atom stereocenters. The summed E-state index contributed by atoms with van der Waals surface area (Å²) in [6.07, 6.45) is 5.13. The monoisotopic (exact) mass is 470 g/mol. The number of nitrogens with one attached hydrogen (secondary N) is 2. The van der Waals surface area contributed by atoms with Crippen molar-refractivity contribution in [2.24, 2.45) is 12.0 Å². The van der Waals surface area contributed by atoms with Crippen molar-refractivity contribution in [3.05, 3.63) is 53.3 Å². The van der Waals surface area contributed by atoms with Crippen LogP contribution < -0.4 is 15.4 Å². The Morgan fingerprint density at radius 3 is 2.65 bits per heavy atom. The van der Waals surface area contributed by atoms with Crippen LogP contribution in [-0.4, -0.2) is 23.7 Å². The highest BCUT2D eigenvalue weighted by molar-refractivity contribution is 14.0. The Labute approximate surface area is 174 Å². The Morgan fingerprint density at radius 1 is 1.19 bits per heavy atom. The maximum absolute atomic E-state index is 5.89. The molecule has 0 amide bonds. The van der Waals surface area contributed by atoms with E-state index < -0.39 is 0 Å². The smallest absolute Gasteiger partial charge is 0.191 e. The Balaban J connectivity index is 0.00000338. The summed E-state index contributed by atoms with van der Waals surface area (Å²) in [6, 6.07) is 8.42. The molecular weight excluding hydrogens is 439 g/mol. The Hall–Kier alpha value is -1.70. The molecule has 0 aliphatic rings. The van der Waals surface area contributed by atoms with Crippen molar-refractivity contribution in [2.75, 3.05) is 13.2 Å². The molecule has 5 nitrogen and oxygen atoms in total. The van der Waals surface area contributed by atoms with Crippen molar-refractivity contribution in [3.63, 3.8) is 0 Å². The van der Waals surface area contributed by atoms with Gasteiger partial charge in [-0.2, -0.15) is 0 Å². The van der Waals surface area contributed by atoms with Crippen LogP contribution in [0, 0.1) is 6.92 Å². The number of hydrogen-bond acceptors (Lipinski definition) is 2. The highest BCUT2D eigenvalue weighted by atomic mass is 127. The van der Waals surface area contributed by atoms with E-state index in [0.717, 1.165) is 36.8 Å². The number of aryl methyl sites for hydroxylation is 2. The van der Waals surface area contributed by atoms with Gasteiger partial charge in [0.05, 0.1) is 13.2 Å². The van der Waals surface area contributed by atoms with E-state index in [1.54, 1.807) is 0 Å². The van der Waals surface area contributed by atoms with E-state index >= 15 is 0 Å². The van der Waals surface area contributed by atoms with Crippen LogP contribution in [0.2, 0.25) is 0 Å². The molecule has 0 saturated heterocycles. The lowest BCUT2D eigenvalue weighted by molar-refractivity contribution is 0.313. The summed E-state index contributed by atoms with van der Waals surface area (Å²) in [7, 11) is 2.02. The van der Waals surface area contributed by atoms with Gasteiger partial charge in [-0.1, -0.05) is 19.1 Å². The summed E-state index contributed by atoms with van der Waals surface area (Å²) in [5, 5.41) is 6.70. The van der Waals surface area contributed by atoms with Crippen molar-refractivity contribution in [1.29, 1.82) is 0 Å². The first-order chi connectivity index (χ1) is 12.1. The van der Waals surface area contributed by atoms with Gasteiger partial charge in [0, 0.05) is 38.1 Å². The lowest BCUT2D eigenvalue weighted by Crippen LogP contribution is -2.36. The molecule has 2 rings (SSSR count). The minimum Gasteiger partial charge on any atom is -0.493 e. The van der Waals surface area contributed by atoms with Crippen molar-refractivity contribution in [3.8, 4) is 5.75 Å². The molecule has 0 bridgehead atoms. The van der Waals surface area contributed by atoms with Crippen molar-refractivity contribution in [2.45, 2.75) is 40.3 Å². The number of hydrogen-bond donors (Lipinski definition) is 2. The predicted molar refractivity (Wildman–Crippen MR) is 119 cm³/mol. The molecule has 6 heteroatoms. The standard InChI is InChI=1S/C20H30N4O.HI/c1-5-11-25-19-12-16(3)7-8-18(19)14-23-20(21-6-2)22-13-17-9-10-24(4)15-17;/h7-10,12,15H,5-6,11,13-14H2,1-4H3,(H2,21,22,23);1H. The first-order valence-corrected chi connectivity index (χ1v) is 8.97. The van der Waals surface area contributed by atoms with E-state index in [4.69, 9.17) is 4.74 Å². The Morgan fingerprint density at radius 2 is 2.00 bits per heavy atom. The van der Waals surface area contributed by atoms with Gasteiger partial charge in [0.15, 0.2) is 5.96 Å². The number of guanidine groups is 1. The third kappa shape index (κ3) is 7.27. The molecule has 0 aliphatic carbocycles. The van der Waals surface area contributed by atoms with Crippen LogP contribution in [0.25, 0.3) is 0 Å². The van der Waals surface area contributed by atoms with E-state index in [-0.39, 0.29) is 24.0 Å². The van der Waals surface area contributed by atoms with E-state index in [1.165, 1.54) is 11.1 Å². The molecule has 144 valence electrons. The SMILES string of the molecule is CCCOc1cc(C)ccc1CNC(=NCc1ccn(C)c1)NCC.I. The second-order valence-electron chi connectivity index (χ2n) is 6.19. The third-order valence-electron chi connectivity index (χ3n) is 3.79. The zero-order valence-electron chi connectivity index (χ0n) is 16.2. The molecule has 1 aromatic carbocycles. The van der Waals surface area contributed by atoms with E-state index in [2.05, 4.69) is 66.9 Å². The van der Waals surface area contributed by atoms with Crippen molar-refractivity contribution in [1.82, 2.24) is 15.2 Å². The summed E-state index contributed by atoms with van der Waals surface area (Å²) in [5.41, 5.74) is 3.55. The number of nitrogens with zero attached hydrogens (tertiary/aromatic N) is 2. The molecule has 0 atom stereocenters. The van der Waals surface area contributed by atoms with Gasteiger partial charge in [-0.05, 0) is 43.5 Å². The second kappa shape index (κ2) is 11.8. The summed E-state index contributed by atoms with van der Waals surface area (Å²) >= 11 is 0. The molecular formula is C20H31IN4O. The maximum atomic E-state index is 5.89.